The van der Waals surface area contributed by atoms with Gasteiger partial charge in [0.15, 0.2) is 5.65 Å². The standard InChI is InChI=1S/C14H12BrN5O/c1-16-13(21)9-4-6-10(7-5-9)17-14-18-12-11(15)3-2-8-20(12)19-14/h2-8H,1H3,(H,16,21)(H,17,19). The molecule has 0 radical (unpaired) electrons. The number of halogens is 1. The Balaban J connectivity index is 1.85. The number of carbonyl (C=O) groups excluding carboxylic acids is 1. The summed E-state index contributed by atoms with van der Waals surface area (Å²) in [7, 11) is 1.60. The van der Waals surface area contributed by atoms with Crippen LogP contribution in [0.15, 0.2) is 47.1 Å². The Morgan fingerprint density at radius 3 is 2.67 bits per heavy atom. The zero-order valence-electron chi connectivity index (χ0n) is 11.2. The second-order valence-corrected chi connectivity index (χ2v) is 5.20. The maximum Gasteiger partial charge on any atom is 0.251 e. The molecule has 2 aromatic heterocycles. The van der Waals surface area contributed by atoms with Gasteiger partial charge in [-0.3, -0.25) is 4.79 Å². The van der Waals surface area contributed by atoms with Crippen molar-refractivity contribution in [3.63, 3.8) is 0 Å². The number of anilines is 2. The number of hydrogen-bond donors (Lipinski definition) is 2. The van der Waals surface area contributed by atoms with Crippen molar-refractivity contribution in [1.29, 1.82) is 0 Å². The van der Waals surface area contributed by atoms with Gasteiger partial charge in [0.2, 0.25) is 5.95 Å². The molecule has 0 aliphatic heterocycles. The Labute approximate surface area is 129 Å². The van der Waals surface area contributed by atoms with Gasteiger partial charge in [0.05, 0.1) is 4.47 Å². The van der Waals surface area contributed by atoms with Gasteiger partial charge < -0.3 is 10.6 Å². The minimum atomic E-state index is -0.115. The molecular weight excluding hydrogens is 334 g/mol. The highest BCUT2D eigenvalue weighted by molar-refractivity contribution is 9.10. The lowest BCUT2D eigenvalue weighted by Gasteiger charge is -2.03. The Morgan fingerprint density at radius 2 is 2.00 bits per heavy atom. The summed E-state index contributed by atoms with van der Waals surface area (Å²) in [5, 5.41) is 10.0. The van der Waals surface area contributed by atoms with Gasteiger partial charge in [-0.05, 0) is 52.3 Å². The quantitative estimate of drug-likeness (QED) is 0.765. The summed E-state index contributed by atoms with van der Waals surface area (Å²) >= 11 is 3.43. The Bertz CT molecular complexity index is 797. The second-order valence-electron chi connectivity index (χ2n) is 4.34. The first-order chi connectivity index (χ1) is 10.2. The third-order valence-electron chi connectivity index (χ3n) is 2.94. The van der Waals surface area contributed by atoms with E-state index in [4.69, 9.17) is 0 Å². The minimum Gasteiger partial charge on any atom is -0.355 e. The molecule has 0 bridgehead atoms. The molecule has 6 nitrogen and oxygen atoms in total. The predicted octanol–water partition coefficient (Wildman–Crippen LogP) is 2.60. The number of amides is 1. The molecule has 3 aromatic rings. The van der Waals surface area contributed by atoms with E-state index in [0.717, 1.165) is 15.8 Å². The number of pyridine rings is 1. The van der Waals surface area contributed by atoms with Crippen molar-refractivity contribution in [2.45, 2.75) is 0 Å². The van der Waals surface area contributed by atoms with E-state index in [1.165, 1.54) is 0 Å². The molecule has 0 saturated heterocycles. The molecule has 106 valence electrons. The summed E-state index contributed by atoms with van der Waals surface area (Å²) < 4.78 is 2.56. The fraction of sp³-hybridized carbons (Fsp3) is 0.0714. The van der Waals surface area contributed by atoms with E-state index in [1.807, 2.05) is 30.5 Å². The van der Waals surface area contributed by atoms with Crippen LogP contribution in [0.2, 0.25) is 0 Å². The second kappa shape index (κ2) is 5.53. The van der Waals surface area contributed by atoms with Crippen molar-refractivity contribution in [1.82, 2.24) is 19.9 Å². The molecule has 0 spiro atoms. The van der Waals surface area contributed by atoms with Gasteiger partial charge in [-0.2, -0.15) is 4.98 Å². The van der Waals surface area contributed by atoms with Crippen LogP contribution in [0.1, 0.15) is 10.4 Å². The number of benzene rings is 1. The third-order valence-corrected chi connectivity index (χ3v) is 3.56. The van der Waals surface area contributed by atoms with Gasteiger partial charge >= 0.3 is 0 Å². The van der Waals surface area contributed by atoms with Crippen LogP contribution in [-0.4, -0.2) is 27.6 Å². The summed E-state index contributed by atoms with van der Waals surface area (Å²) in [5.74, 6) is 0.380. The smallest absolute Gasteiger partial charge is 0.251 e. The van der Waals surface area contributed by atoms with Gasteiger partial charge in [-0.15, -0.1) is 5.10 Å². The lowest BCUT2D eigenvalue weighted by molar-refractivity contribution is 0.0963. The topological polar surface area (TPSA) is 71.3 Å². The summed E-state index contributed by atoms with van der Waals surface area (Å²) in [6, 6.07) is 10.9. The van der Waals surface area contributed by atoms with Crippen LogP contribution in [0.25, 0.3) is 5.65 Å². The van der Waals surface area contributed by atoms with E-state index < -0.39 is 0 Å². The summed E-state index contributed by atoms with van der Waals surface area (Å²) in [5.41, 5.74) is 2.16. The van der Waals surface area contributed by atoms with Crippen LogP contribution in [-0.2, 0) is 0 Å². The average molecular weight is 346 g/mol. The van der Waals surface area contributed by atoms with Crippen LogP contribution < -0.4 is 10.6 Å². The SMILES string of the molecule is CNC(=O)c1ccc(Nc2nc3c(Br)cccn3n2)cc1. The van der Waals surface area contributed by atoms with E-state index in [-0.39, 0.29) is 5.91 Å². The molecular formula is C14H12BrN5O. The Hall–Kier alpha value is -2.41. The maximum absolute atomic E-state index is 11.5. The van der Waals surface area contributed by atoms with Crippen molar-refractivity contribution >= 4 is 39.1 Å². The van der Waals surface area contributed by atoms with Crippen molar-refractivity contribution in [3.8, 4) is 0 Å². The number of aromatic nitrogens is 3. The summed E-state index contributed by atoms with van der Waals surface area (Å²) in [6.07, 6.45) is 1.83. The lowest BCUT2D eigenvalue weighted by atomic mass is 10.2. The van der Waals surface area contributed by atoms with Crippen LogP contribution in [0.4, 0.5) is 11.6 Å². The molecule has 1 aromatic carbocycles. The largest absolute Gasteiger partial charge is 0.355 e. The van der Waals surface area contributed by atoms with Crippen molar-refractivity contribution in [2.24, 2.45) is 0 Å². The van der Waals surface area contributed by atoms with Crippen LogP contribution in [0.5, 0.6) is 0 Å². The first kappa shape index (κ1) is 13.6. The van der Waals surface area contributed by atoms with Crippen LogP contribution in [0, 0.1) is 0 Å². The molecule has 0 saturated carbocycles. The van der Waals surface area contributed by atoms with E-state index in [0.29, 0.717) is 11.5 Å². The maximum atomic E-state index is 11.5. The first-order valence-electron chi connectivity index (χ1n) is 6.27. The lowest BCUT2D eigenvalue weighted by Crippen LogP contribution is -2.17. The van der Waals surface area contributed by atoms with E-state index >= 15 is 0 Å². The number of hydrogen-bond acceptors (Lipinski definition) is 4. The highest BCUT2D eigenvalue weighted by atomic mass is 79.9. The fourth-order valence-electron chi connectivity index (χ4n) is 1.90. The van der Waals surface area contributed by atoms with Gasteiger partial charge in [0.25, 0.3) is 5.91 Å². The van der Waals surface area contributed by atoms with E-state index in [9.17, 15) is 4.79 Å². The molecule has 0 unspecified atom stereocenters. The summed E-state index contributed by atoms with van der Waals surface area (Å²) in [4.78, 5) is 15.9. The monoisotopic (exact) mass is 345 g/mol. The third kappa shape index (κ3) is 2.73. The molecule has 0 aliphatic rings. The first-order valence-corrected chi connectivity index (χ1v) is 7.07. The number of rotatable bonds is 3. The number of nitrogens with zero attached hydrogens (tertiary/aromatic N) is 3. The van der Waals surface area contributed by atoms with Crippen molar-refractivity contribution < 1.29 is 4.79 Å². The molecule has 2 N–H and O–H groups in total. The Morgan fingerprint density at radius 1 is 1.24 bits per heavy atom. The number of carbonyl (C=O) groups is 1. The van der Waals surface area contributed by atoms with Crippen molar-refractivity contribution in [2.75, 3.05) is 12.4 Å². The van der Waals surface area contributed by atoms with E-state index in [1.54, 1.807) is 23.7 Å². The molecule has 2 heterocycles. The molecule has 3 rings (SSSR count). The zero-order chi connectivity index (χ0) is 14.8. The normalized spacial score (nSPS) is 10.6. The predicted molar refractivity (Wildman–Crippen MR) is 83.8 cm³/mol. The Kier molecular flexibility index (Phi) is 3.57. The minimum absolute atomic E-state index is 0.115. The highest BCUT2D eigenvalue weighted by Gasteiger charge is 2.07. The molecule has 0 fully saturated rings. The van der Waals surface area contributed by atoms with Crippen molar-refractivity contribution in [3.05, 3.63) is 52.6 Å². The summed E-state index contributed by atoms with van der Waals surface area (Å²) in [6.45, 7) is 0. The molecule has 21 heavy (non-hydrogen) atoms. The molecule has 7 heteroatoms. The van der Waals surface area contributed by atoms with Gasteiger partial charge in [0, 0.05) is 24.5 Å². The van der Waals surface area contributed by atoms with Gasteiger partial charge in [0.1, 0.15) is 0 Å². The number of fused-ring (bicyclic) bond motifs is 1. The van der Waals surface area contributed by atoms with Gasteiger partial charge in [-0.25, -0.2) is 4.52 Å². The highest BCUT2D eigenvalue weighted by Crippen LogP contribution is 2.19. The zero-order valence-corrected chi connectivity index (χ0v) is 12.8. The molecule has 1 amide bonds. The fourth-order valence-corrected chi connectivity index (χ4v) is 2.33. The average Bonchev–Trinajstić information content (AvgIpc) is 2.91. The van der Waals surface area contributed by atoms with Crippen LogP contribution >= 0.6 is 15.9 Å². The van der Waals surface area contributed by atoms with E-state index in [2.05, 4.69) is 36.6 Å². The van der Waals surface area contributed by atoms with Gasteiger partial charge in [-0.1, -0.05) is 0 Å². The molecule has 0 atom stereocenters. The molecule has 0 aliphatic carbocycles. The number of nitrogens with one attached hydrogen (secondary N) is 2. The van der Waals surface area contributed by atoms with Crippen LogP contribution in [0.3, 0.4) is 0 Å².